The molecule has 1 atom stereocenters. The number of aryl methyl sites for hydroxylation is 1. The van der Waals surface area contributed by atoms with Crippen molar-refractivity contribution in [2.75, 3.05) is 26.2 Å². The molecule has 1 aromatic rings. The summed E-state index contributed by atoms with van der Waals surface area (Å²) in [6.45, 7) is 10.6. The number of carbonyl (C=O) groups is 1. The first kappa shape index (κ1) is 15.5. The number of rotatable bonds is 5. The highest BCUT2D eigenvalue weighted by Gasteiger charge is 2.66. The van der Waals surface area contributed by atoms with Crippen LogP contribution in [0.5, 0.6) is 0 Å². The Hall–Kier alpha value is -1.35. The fourth-order valence-electron chi connectivity index (χ4n) is 3.95. The molecule has 0 bridgehead atoms. The van der Waals surface area contributed by atoms with Crippen LogP contribution in [0.15, 0.2) is 24.3 Å². The molecule has 1 amide bonds. The molecule has 22 heavy (non-hydrogen) atoms. The minimum Gasteiger partial charge on any atom is -0.354 e. The van der Waals surface area contributed by atoms with E-state index < -0.39 is 0 Å². The average Bonchev–Trinajstić information content (AvgIpc) is 2.86. The Labute approximate surface area is 134 Å². The van der Waals surface area contributed by atoms with Crippen molar-refractivity contribution >= 4 is 5.91 Å². The number of nitrogens with one attached hydrogen (secondary N) is 1. The molecule has 0 aromatic heterocycles. The third-order valence-electron chi connectivity index (χ3n) is 5.58. The number of nitrogens with zero attached hydrogens (tertiary/aromatic N) is 1. The lowest BCUT2D eigenvalue weighted by molar-refractivity contribution is -0.124. The molecule has 1 saturated heterocycles. The van der Waals surface area contributed by atoms with Crippen LogP contribution in [-0.2, 0) is 10.2 Å². The smallest absolute Gasteiger partial charge is 0.231 e. The maximum atomic E-state index is 12.9. The average molecular weight is 300 g/mol. The largest absolute Gasteiger partial charge is 0.354 e. The molecule has 3 nitrogen and oxygen atoms in total. The van der Waals surface area contributed by atoms with Crippen molar-refractivity contribution < 1.29 is 4.79 Å². The Kier molecular flexibility index (Phi) is 4.02. The quantitative estimate of drug-likeness (QED) is 0.907. The predicted octanol–water partition coefficient (Wildman–Crippen LogP) is 2.87. The van der Waals surface area contributed by atoms with E-state index in [0.717, 1.165) is 19.5 Å². The van der Waals surface area contributed by atoms with E-state index in [-0.39, 0.29) is 16.7 Å². The Morgan fingerprint density at radius 2 is 1.77 bits per heavy atom. The van der Waals surface area contributed by atoms with Crippen molar-refractivity contribution in [1.82, 2.24) is 10.2 Å². The van der Waals surface area contributed by atoms with Gasteiger partial charge < -0.3 is 10.2 Å². The highest BCUT2D eigenvalue weighted by molar-refractivity contribution is 5.93. The number of amides is 1. The molecule has 1 aliphatic heterocycles. The molecule has 120 valence electrons. The van der Waals surface area contributed by atoms with Gasteiger partial charge in [0.15, 0.2) is 0 Å². The fraction of sp³-hybridized carbons (Fsp3) is 0.632. The lowest BCUT2D eigenvalue weighted by Crippen LogP contribution is -2.41. The second kappa shape index (κ2) is 5.69. The van der Waals surface area contributed by atoms with Gasteiger partial charge in [-0.25, -0.2) is 0 Å². The van der Waals surface area contributed by atoms with Gasteiger partial charge in [0, 0.05) is 13.1 Å². The van der Waals surface area contributed by atoms with E-state index in [2.05, 4.69) is 55.3 Å². The second-order valence-corrected chi connectivity index (χ2v) is 7.64. The van der Waals surface area contributed by atoms with Gasteiger partial charge in [-0.05, 0) is 50.3 Å². The SMILES string of the molecule is Cc1ccc([C@@]2(C(=O)NCCN3CCCC3)CC2(C)C)cc1. The number of likely N-dealkylation sites (tertiary alicyclic amines) is 1. The van der Waals surface area contributed by atoms with Crippen molar-refractivity contribution in [2.45, 2.75) is 45.4 Å². The maximum absolute atomic E-state index is 12.9. The first-order valence-electron chi connectivity index (χ1n) is 8.53. The van der Waals surface area contributed by atoms with Crippen LogP contribution in [0.1, 0.15) is 44.2 Å². The van der Waals surface area contributed by atoms with Gasteiger partial charge in [-0.15, -0.1) is 0 Å². The lowest BCUT2D eigenvalue weighted by Gasteiger charge is -2.22. The molecule has 0 spiro atoms. The molecule has 1 saturated carbocycles. The van der Waals surface area contributed by atoms with E-state index in [4.69, 9.17) is 0 Å². The molecule has 0 radical (unpaired) electrons. The van der Waals surface area contributed by atoms with Gasteiger partial charge in [-0.2, -0.15) is 0 Å². The second-order valence-electron chi connectivity index (χ2n) is 7.64. The molecule has 3 heteroatoms. The van der Waals surface area contributed by atoms with Crippen LogP contribution >= 0.6 is 0 Å². The zero-order valence-corrected chi connectivity index (χ0v) is 14.1. The van der Waals surface area contributed by atoms with Crippen LogP contribution in [0, 0.1) is 12.3 Å². The number of hydrogen-bond acceptors (Lipinski definition) is 2. The minimum atomic E-state index is -0.328. The topological polar surface area (TPSA) is 32.3 Å². The molecular weight excluding hydrogens is 272 g/mol. The van der Waals surface area contributed by atoms with Crippen LogP contribution in [0.25, 0.3) is 0 Å². The molecule has 1 N–H and O–H groups in total. The molecule has 1 aliphatic carbocycles. The normalized spacial score (nSPS) is 26.9. The van der Waals surface area contributed by atoms with E-state index in [0.29, 0.717) is 0 Å². The summed E-state index contributed by atoms with van der Waals surface area (Å²) < 4.78 is 0. The highest BCUT2D eigenvalue weighted by Crippen LogP contribution is 2.64. The molecule has 3 rings (SSSR count). The summed E-state index contributed by atoms with van der Waals surface area (Å²) in [5.41, 5.74) is 2.14. The van der Waals surface area contributed by atoms with Crippen LogP contribution < -0.4 is 5.32 Å². The maximum Gasteiger partial charge on any atom is 0.231 e. The van der Waals surface area contributed by atoms with E-state index in [9.17, 15) is 4.79 Å². The van der Waals surface area contributed by atoms with Crippen LogP contribution in [-0.4, -0.2) is 37.0 Å². The predicted molar refractivity (Wildman–Crippen MR) is 89.9 cm³/mol. The fourth-order valence-corrected chi connectivity index (χ4v) is 3.95. The number of hydrogen-bond donors (Lipinski definition) is 1. The van der Waals surface area contributed by atoms with Gasteiger partial charge in [0.2, 0.25) is 5.91 Å². The van der Waals surface area contributed by atoms with Gasteiger partial charge in [0.25, 0.3) is 0 Å². The summed E-state index contributed by atoms with van der Waals surface area (Å²) in [5.74, 6) is 0.209. The van der Waals surface area contributed by atoms with Gasteiger partial charge in [0.05, 0.1) is 5.41 Å². The van der Waals surface area contributed by atoms with Crippen molar-refractivity contribution in [2.24, 2.45) is 5.41 Å². The third-order valence-corrected chi connectivity index (χ3v) is 5.58. The number of benzene rings is 1. The summed E-state index contributed by atoms with van der Waals surface area (Å²) >= 11 is 0. The summed E-state index contributed by atoms with van der Waals surface area (Å²) in [7, 11) is 0. The first-order valence-corrected chi connectivity index (χ1v) is 8.53. The third kappa shape index (κ3) is 2.67. The Morgan fingerprint density at radius 1 is 1.18 bits per heavy atom. The molecular formula is C19H28N2O. The molecule has 1 aromatic carbocycles. The lowest BCUT2D eigenvalue weighted by atomic mass is 9.86. The molecule has 0 unspecified atom stereocenters. The summed E-state index contributed by atoms with van der Waals surface area (Å²) in [4.78, 5) is 15.3. The Bertz CT molecular complexity index is 543. The van der Waals surface area contributed by atoms with Crippen LogP contribution in [0.4, 0.5) is 0 Å². The Balaban J connectivity index is 1.66. The van der Waals surface area contributed by atoms with Gasteiger partial charge in [-0.3, -0.25) is 4.79 Å². The standard InChI is InChI=1S/C19H28N2O/c1-15-6-8-16(9-7-15)19(14-18(19,2)3)17(22)20-10-13-21-11-4-5-12-21/h6-9H,4-5,10-14H2,1-3H3,(H,20,22)/t19-/m1/s1. The van der Waals surface area contributed by atoms with Crippen molar-refractivity contribution in [3.8, 4) is 0 Å². The van der Waals surface area contributed by atoms with Crippen molar-refractivity contribution in [1.29, 1.82) is 0 Å². The van der Waals surface area contributed by atoms with Crippen LogP contribution in [0.2, 0.25) is 0 Å². The minimum absolute atomic E-state index is 0.0555. The van der Waals surface area contributed by atoms with Gasteiger partial charge >= 0.3 is 0 Å². The van der Waals surface area contributed by atoms with E-state index in [1.807, 2.05) is 0 Å². The van der Waals surface area contributed by atoms with E-state index in [1.54, 1.807) is 0 Å². The summed E-state index contributed by atoms with van der Waals surface area (Å²) in [6.07, 6.45) is 3.54. The van der Waals surface area contributed by atoms with Crippen molar-refractivity contribution in [3.05, 3.63) is 35.4 Å². The zero-order valence-electron chi connectivity index (χ0n) is 14.1. The zero-order chi connectivity index (χ0) is 15.8. The summed E-state index contributed by atoms with van der Waals surface area (Å²) in [6, 6.07) is 8.49. The van der Waals surface area contributed by atoms with E-state index >= 15 is 0 Å². The van der Waals surface area contributed by atoms with E-state index in [1.165, 1.54) is 37.1 Å². The molecule has 1 heterocycles. The first-order chi connectivity index (χ1) is 10.5. The monoisotopic (exact) mass is 300 g/mol. The van der Waals surface area contributed by atoms with Gasteiger partial charge in [-0.1, -0.05) is 43.7 Å². The van der Waals surface area contributed by atoms with Crippen molar-refractivity contribution in [3.63, 3.8) is 0 Å². The number of carbonyl (C=O) groups excluding carboxylic acids is 1. The van der Waals surface area contributed by atoms with Crippen LogP contribution in [0.3, 0.4) is 0 Å². The highest BCUT2D eigenvalue weighted by atomic mass is 16.2. The molecule has 2 fully saturated rings. The Morgan fingerprint density at radius 3 is 2.32 bits per heavy atom. The molecule has 2 aliphatic rings. The van der Waals surface area contributed by atoms with Gasteiger partial charge in [0.1, 0.15) is 0 Å². The summed E-state index contributed by atoms with van der Waals surface area (Å²) in [5, 5.41) is 3.20.